The van der Waals surface area contributed by atoms with Gasteiger partial charge in [0.2, 0.25) is 0 Å². The zero-order chi connectivity index (χ0) is 15.5. The van der Waals surface area contributed by atoms with Gasteiger partial charge in [-0.2, -0.15) is 5.10 Å². The Morgan fingerprint density at radius 3 is 2.55 bits per heavy atom. The van der Waals surface area contributed by atoms with Crippen molar-refractivity contribution in [3.8, 4) is 11.4 Å². The number of hydrogen-bond acceptors (Lipinski definition) is 4. The molecule has 0 saturated carbocycles. The molecule has 1 aliphatic heterocycles. The van der Waals surface area contributed by atoms with Gasteiger partial charge in [-0.15, -0.1) is 0 Å². The second-order valence-electron chi connectivity index (χ2n) is 5.32. The van der Waals surface area contributed by atoms with Crippen LogP contribution in [0.4, 0.5) is 0 Å². The van der Waals surface area contributed by atoms with Crippen molar-refractivity contribution >= 4 is 5.91 Å². The van der Waals surface area contributed by atoms with Gasteiger partial charge >= 0.3 is 0 Å². The van der Waals surface area contributed by atoms with Crippen molar-refractivity contribution in [2.45, 2.75) is 6.92 Å². The third kappa shape index (κ3) is 2.82. The van der Waals surface area contributed by atoms with Gasteiger partial charge in [-0.1, -0.05) is 0 Å². The second kappa shape index (κ2) is 6.19. The highest BCUT2D eigenvalue weighted by Gasteiger charge is 2.21. The molecule has 116 valence electrons. The van der Waals surface area contributed by atoms with Crippen LogP contribution in [0.5, 0.6) is 5.75 Å². The molecule has 0 atom stereocenters. The normalized spacial score (nSPS) is 14.9. The Morgan fingerprint density at radius 1 is 1.23 bits per heavy atom. The van der Waals surface area contributed by atoms with Crippen molar-refractivity contribution in [3.05, 3.63) is 41.7 Å². The number of aryl methyl sites for hydroxylation is 1. The summed E-state index contributed by atoms with van der Waals surface area (Å²) in [6, 6.07) is 9.47. The van der Waals surface area contributed by atoms with Gasteiger partial charge in [0.05, 0.1) is 12.8 Å². The van der Waals surface area contributed by atoms with E-state index in [0.29, 0.717) is 5.69 Å². The van der Waals surface area contributed by atoms with Crippen molar-refractivity contribution in [1.29, 1.82) is 0 Å². The lowest BCUT2D eigenvalue weighted by Crippen LogP contribution is -2.46. The molecule has 1 amide bonds. The average molecular weight is 300 g/mol. The number of carbonyl (C=O) groups excluding carboxylic acids is 1. The molecule has 2 heterocycles. The van der Waals surface area contributed by atoms with Crippen LogP contribution < -0.4 is 10.1 Å². The van der Waals surface area contributed by atoms with Crippen molar-refractivity contribution < 1.29 is 9.53 Å². The molecule has 1 aliphatic rings. The zero-order valence-electron chi connectivity index (χ0n) is 12.9. The smallest absolute Gasteiger partial charge is 0.274 e. The van der Waals surface area contributed by atoms with Crippen LogP contribution in [0.2, 0.25) is 0 Å². The Hall–Kier alpha value is -2.34. The monoisotopic (exact) mass is 300 g/mol. The number of hydrogen-bond donors (Lipinski definition) is 1. The molecule has 0 unspecified atom stereocenters. The fourth-order valence-electron chi connectivity index (χ4n) is 2.59. The summed E-state index contributed by atoms with van der Waals surface area (Å²) < 4.78 is 6.95. The van der Waals surface area contributed by atoms with Gasteiger partial charge in [-0.25, -0.2) is 4.68 Å². The minimum atomic E-state index is -0.00291. The molecule has 0 aliphatic carbocycles. The predicted octanol–water partition coefficient (Wildman–Crippen LogP) is 1.23. The number of rotatable bonds is 3. The molecule has 1 aromatic carbocycles. The lowest BCUT2D eigenvalue weighted by Gasteiger charge is -2.26. The number of carbonyl (C=O) groups is 1. The quantitative estimate of drug-likeness (QED) is 0.926. The maximum absolute atomic E-state index is 12.5. The Kier molecular flexibility index (Phi) is 4.11. The van der Waals surface area contributed by atoms with E-state index in [4.69, 9.17) is 4.74 Å². The van der Waals surface area contributed by atoms with Crippen LogP contribution >= 0.6 is 0 Å². The van der Waals surface area contributed by atoms with Crippen molar-refractivity contribution in [1.82, 2.24) is 20.0 Å². The molecule has 1 fully saturated rings. The van der Waals surface area contributed by atoms with E-state index in [0.717, 1.165) is 43.3 Å². The highest BCUT2D eigenvalue weighted by molar-refractivity contribution is 5.92. The molecular weight excluding hydrogens is 280 g/mol. The average Bonchev–Trinajstić information content (AvgIpc) is 2.97. The molecule has 2 aromatic rings. The van der Waals surface area contributed by atoms with Gasteiger partial charge in [0.1, 0.15) is 5.75 Å². The van der Waals surface area contributed by atoms with Gasteiger partial charge < -0.3 is 15.0 Å². The maximum atomic E-state index is 12.5. The van der Waals surface area contributed by atoms with E-state index in [9.17, 15) is 4.79 Å². The van der Waals surface area contributed by atoms with Gasteiger partial charge in [-0.05, 0) is 37.3 Å². The minimum absolute atomic E-state index is 0.00291. The fraction of sp³-hybridized carbons (Fsp3) is 0.375. The molecule has 0 spiro atoms. The number of amides is 1. The highest BCUT2D eigenvalue weighted by atomic mass is 16.5. The van der Waals surface area contributed by atoms with Gasteiger partial charge in [0.15, 0.2) is 5.69 Å². The molecule has 1 aromatic heterocycles. The molecule has 1 saturated heterocycles. The van der Waals surface area contributed by atoms with Crippen LogP contribution in [-0.2, 0) is 0 Å². The number of nitrogens with one attached hydrogen (secondary N) is 1. The number of methoxy groups -OCH3 is 1. The standard InChI is InChI=1S/C16H20N4O2/c1-12-11-15(16(21)19-9-7-17-8-10-19)18-20(12)13-3-5-14(22-2)6-4-13/h3-6,11,17H,7-10H2,1-2H3. The second-order valence-corrected chi connectivity index (χ2v) is 5.32. The van der Waals surface area contributed by atoms with E-state index in [-0.39, 0.29) is 5.91 Å². The summed E-state index contributed by atoms with van der Waals surface area (Å²) in [4.78, 5) is 14.3. The van der Waals surface area contributed by atoms with Crippen LogP contribution in [0.25, 0.3) is 5.69 Å². The minimum Gasteiger partial charge on any atom is -0.497 e. The maximum Gasteiger partial charge on any atom is 0.274 e. The van der Waals surface area contributed by atoms with Crippen LogP contribution in [0, 0.1) is 6.92 Å². The van der Waals surface area contributed by atoms with E-state index < -0.39 is 0 Å². The molecule has 6 nitrogen and oxygen atoms in total. The molecular formula is C16H20N4O2. The Bertz CT molecular complexity index is 657. The number of ether oxygens (including phenoxy) is 1. The summed E-state index contributed by atoms with van der Waals surface area (Å²) >= 11 is 0. The summed E-state index contributed by atoms with van der Waals surface area (Å²) in [6.45, 7) is 5.08. The summed E-state index contributed by atoms with van der Waals surface area (Å²) in [5.41, 5.74) is 2.34. The number of nitrogens with zero attached hydrogens (tertiary/aromatic N) is 3. The number of piperazine rings is 1. The van der Waals surface area contributed by atoms with E-state index in [2.05, 4.69) is 10.4 Å². The van der Waals surface area contributed by atoms with Crippen molar-refractivity contribution in [2.24, 2.45) is 0 Å². The summed E-state index contributed by atoms with van der Waals surface area (Å²) in [5, 5.41) is 7.72. The number of aromatic nitrogens is 2. The van der Waals surface area contributed by atoms with Crippen LogP contribution in [0.3, 0.4) is 0 Å². The van der Waals surface area contributed by atoms with Crippen molar-refractivity contribution in [3.63, 3.8) is 0 Å². The van der Waals surface area contributed by atoms with E-state index >= 15 is 0 Å². The first-order valence-corrected chi connectivity index (χ1v) is 7.40. The fourth-order valence-corrected chi connectivity index (χ4v) is 2.59. The zero-order valence-corrected chi connectivity index (χ0v) is 12.9. The summed E-state index contributed by atoms with van der Waals surface area (Å²) in [7, 11) is 1.64. The third-order valence-electron chi connectivity index (χ3n) is 3.83. The van der Waals surface area contributed by atoms with Crippen LogP contribution in [0.1, 0.15) is 16.2 Å². The third-order valence-corrected chi connectivity index (χ3v) is 3.83. The molecule has 3 rings (SSSR count). The van der Waals surface area contributed by atoms with E-state index in [1.54, 1.807) is 11.8 Å². The Balaban J connectivity index is 1.84. The lowest BCUT2D eigenvalue weighted by molar-refractivity contribution is 0.0729. The first-order valence-electron chi connectivity index (χ1n) is 7.40. The first kappa shape index (κ1) is 14.6. The topological polar surface area (TPSA) is 59.4 Å². The number of benzene rings is 1. The SMILES string of the molecule is COc1ccc(-n2nc(C(=O)N3CCNCC3)cc2C)cc1. The largest absolute Gasteiger partial charge is 0.497 e. The molecule has 6 heteroatoms. The summed E-state index contributed by atoms with van der Waals surface area (Å²) in [5.74, 6) is 0.794. The Morgan fingerprint density at radius 2 is 1.91 bits per heavy atom. The van der Waals surface area contributed by atoms with E-state index in [1.165, 1.54) is 0 Å². The van der Waals surface area contributed by atoms with Crippen LogP contribution in [0.15, 0.2) is 30.3 Å². The Labute approximate surface area is 129 Å². The van der Waals surface area contributed by atoms with Crippen LogP contribution in [-0.4, -0.2) is 53.9 Å². The lowest BCUT2D eigenvalue weighted by atomic mass is 10.3. The molecule has 1 N–H and O–H groups in total. The first-order chi connectivity index (χ1) is 10.7. The highest BCUT2D eigenvalue weighted by Crippen LogP contribution is 2.17. The van der Waals surface area contributed by atoms with Gasteiger partial charge in [0.25, 0.3) is 5.91 Å². The van der Waals surface area contributed by atoms with Gasteiger partial charge in [0, 0.05) is 31.9 Å². The molecule has 22 heavy (non-hydrogen) atoms. The predicted molar refractivity (Wildman–Crippen MR) is 83.6 cm³/mol. The van der Waals surface area contributed by atoms with Crippen molar-refractivity contribution in [2.75, 3.05) is 33.3 Å². The van der Waals surface area contributed by atoms with E-state index in [1.807, 2.05) is 42.2 Å². The molecule has 0 radical (unpaired) electrons. The summed E-state index contributed by atoms with van der Waals surface area (Å²) in [6.07, 6.45) is 0. The molecule has 0 bridgehead atoms. The van der Waals surface area contributed by atoms with Gasteiger partial charge in [-0.3, -0.25) is 4.79 Å².